The van der Waals surface area contributed by atoms with E-state index in [1.54, 1.807) is 0 Å². The van der Waals surface area contributed by atoms with Crippen molar-refractivity contribution < 1.29 is 9.59 Å². The third-order valence-electron chi connectivity index (χ3n) is 3.36. The Morgan fingerprint density at radius 1 is 0.750 bits per heavy atom. The summed E-state index contributed by atoms with van der Waals surface area (Å²) in [6.45, 7) is 0. The third kappa shape index (κ3) is 3.12. The van der Waals surface area contributed by atoms with Gasteiger partial charge >= 0.3 is 0 Å². The quantitative estimate of drug-likeness (QED) is 0.800. The molecule has 0 spiro atoms. The van der Waals surface area contributed by atoms with Gasteiger partial charge in [0.05, 0.1) is 12.4 Å². The van der Waals surface area contributed by atoms with E-state index in [0.717, 1.165) is 0 Å². The van der Waals surface area contributed by atoms with Crippen molar-refractivity contribution in [3.8, 4) is 0 Å². The van der Waals surface area contributed by atoms with E-state index in [0.29, 0.717) is 11.4 Å². The van der Waals surface area contributed by atoms with Crippen molar-refractivity contribution in [1.82, 2.24) is 9.97 Å². The molecule has 0 aliphatic rings. The van der Waals surface area contributed by atoms with Crippen molar-refractivity contribution in [3.05, 3.63) is 84.4 Å². The van der Waals surface area contributed by atoms with E-state index in [-0.39, 0.29) is 17.3 Å². The van der Waals surface area contributed by atoms with Crippen LogP contribution in [0.3, 0.4) is 0 Å². The van der Waals surface area contributed by atoms with Crippen molar-refractivity contribution in [2.75, 3.05) is 4.90 Å². The summed E-state index contributed by atoms with van der Waals surface area (Å²) in [5.41, 5.74) is 6.68. The molecule has 0 bridgehead atoms. The fourth-order valence-electron chi connectivity index (χ4n) is 2.22. The normalized spacial score (nSPS) is 10.2. The number of para-hydroxylation sites is 2. The molecule has 0 radical (unpaired) electrons. The first-order valence-corrected chi connectivity index (χ1v) is 7.23. The maximum Gasteiger partial charge on any atom is 0.283 e. The molecule has 3 aromatic rings. The van der Waals surface area contributed by atoms with Crippen LogP contribution in [0.25, 0.3) is 0 Å². The number of nitrogens with two attached hydrogens (primary N) is 1. The summed E-state index contributed by atoms with van der Waals surface area (Å²) >= 11 is 0. The van der Waals surface area contributed by atoms with Crippen molar-refractivity contribution in [2.24, 2.45) is 5.73 Å². The van der Waals surface area contributed by atoms with Gasteiger partial charge < -0.3 is 5.73 Å². The van der Waals surface area contributed by atoms with Gasteiger partial charge in [0, 0.05) is 11.4 Å². The highest BCUT2D eigenvalue weighted by Gasteiger charge is 2.21. The van der Waals surface area contributed by atoms with E-state index in [1.807, 2.05) is 60.7 Å². The minimum atomic E-state index is -0.690. The van der Waals surface area contributed by atoms with Crippen molar-refractivity contribution in [3.63, 3.8) is 0 Å². The first-order chi connectivity index (χ1) is 11.7. The second-order valence-corrected chi connectivity index (χ2v) is 4.96. The van der Waals surface area contributed by atoms with E-state index in [4.69, 9.17) is 5.73 Å². The number of hydrogen-bond acceptors (Lipinski definition) is 4. The standard InChI is InChI=1S/C18H14N4O2/c19-17(23)15-11-21-16(12-20-15)18(24)22(13-7-3-1-4-8-13)14-9-5-2-6-10-14/h1-12H,(H2,19,23). The van der Waals surface area contributed by atoms with Crippen molar-refractivity contribution in [2.45, 2.75) is 0 Å². The minimum Gasteiger partial charge on any atom is -0.364 e. The van der Waals surface area contributed by atoms with Gasteiger partial charge in [0.2, 0.25) is 0 Å². The molecule has 2 amide bonds. The van der Waals surface area contributed by atoms with Crippen molar-refractivity contribution in [1.29, 1.82) is 0 Å². The molecule has 3 rings (SSSR count). The SMILES string of the molecule is NC(=O)c1cnc(C(=O)N(c2ccccc2)c2ccccc2)cn1. The van der Waals surface area contributed by atoms with E-state index >= 15 is 0 Å². The van der Waals surface area contributed by atoms with Crippen LogP contribution < -0.4 is 10.6 Å². The number of anilines is 2. The molecule has 6 heteroatoms. The maximum absolute atomic E-state index is 12.9. The fraction of sp³-hybridized carbons (Fsp3) is 0. The molecule has 0 aliphatic carbocycles. The van der Waals surface area contributed by atoms with Crippen LogP contribution in [0.15, 0.2) is 73.1 Å². The van der Waals surface area contributed by atoms with Gasteiger partial charge in [0.1, 0.15) is 11.4 Å². The fourth-order valence-corrected chi connectivity index (χ4v) is 2.22. The van der Waals surface area contributed by atoms with Crippen LogP contribution in [0, 0.1) is 0 Å². The molecule has 1 aromatic heterocycles. The molecule has 0 fully saturated rings. The summed E-state index contributed by atoms with van der Waals surface area (Å²) in [5, 5.41) is 0. The molecule has 2 N–H and O–H groups in total. The first-order valence-electron chi connectivity index (χ1n) is 7.23. The Balaban J connectivity index is 2.02. The molecule has 2 aromatic carbocycles. The molecule has 118 valence electrons. The lowest BCUT2D eigenvalue weighted by molar-refractivity contribution is 0.0980. The molecule has 0 atom stereocenters. The van der Waals surface area contributed by atoms with E-state index in [1.165, 1.54) is 17.3 Å². The Hall–Kier alpha value is -3.54. The van der Waals surface area contributed by atoms with Crippen molar-refractivity contribution >= 4 is 23.2 Å². The molecule has 0 unspecified atom stereocenters. The lowest BCUT2D eigenvalue weighted by atomic mass is 10.2. The van der Waals surface area contributed by atoms with E-state index < -0.39 is 5.91 Å². The molecule has 0 saturated heterocycles. The predicted molar refractivity (Wildman–Crippen MR) is 89.9 cm³/mol. The van der Waals surface area contributed by atoms with Crippen LogP contribution in [-0.4, -0.2) is 21.8 Å². The predicted octanol–water partition coefficient (Wildman–Crippen LogP) is 2.55. The van der Waals surface area contributed by atoms with E-state index in [2.05, 4.69) is 9.97 Å². The second kappa shape index (κ2) is 6.70. The van der Waals surface area contributed by atoms with Gasteiger partial charge in [0.25, 0.3) is 11.8 Å². The van der Waals surface area contributed by atoms with Crippen LogP contribution >= 0.6 is 0 Å². The Kier molecular flexibility index (Phi) is 4.29. The molecule has 1 heterocycles. The molecular formula is C18H14N4O2. The topological polar surface area (TPSA) is 89.2 Å². The Morgan fingerprint density at radius 3 is 1.62 bits per heavy atom. The summed E-state index contributed by atoms with van der Waals surface area (Å²) in [5.74, 6) is -1.04. The van der Waals surface area contributed by atoms with Crippen LogP contribution in [0.4, 0.5) is 11.4 Å². The van der Waals surface area contributed by atoms with Gasteiger partial charge in [-0.25, -0.2) is 9.97 Å². The number of carbonyl (C=O) groups is 2. The summed E-state index contributed by atoms with van der Waals surface area (Å²) in [6, 6.07) is 18.5. The lowest BCUT2D eigenvalue weighted by Gasteiger charge is -2.22. The molecule has 24 heavy (non-hydrogen) atoms. The largest absolute Gasteiger partial charge is 0.364 e. The smallest absolute Gasteiger partial charge is 0.283 e. The van der Waals surface area contributed by atoms with Gasteiger partial charge in [-0.1, -0.05) is 36.4 Å². The van der Waals surface area contributed by atoms with Gasteiger partial charge in [-0.15, -0.1) is 0 Å². The molecule has 6 nitrogen and oxygen atoms in total. The average Bonchev–Trinajstić information content (AvgIpc) is 2.64. The monoisotopic (exact) mass is 318 g/mol. The number of aromatic nitrogens is 2. The number of amides is 2. The number of rotatable bonds is 4. The Morgan fingerprint density at radius 2 is 1.21 bits per heavy atom. The summed E-state index contributed by atoms with van der Waals surface area (Å²) in [7, 11) is 0. The molecule has 0 saturated carbocycles. The highest BCUT2D eigenvalue weighted by Crippen LogP contribution is 2.26. The Labute approximate surface area is 138 Å². The van der Waals surface area contributed by atoms with Crippen LogP contribution in [0.2, 0.25) is 0 Å². The summed E-state index contributed by atoms with van der Waals surface area (Å²) < 4.78 is 0. The third-order valence-corrected chi connectivity index (χ3v) is 3.36. The molecule has 0 aliphatic heterocycles. The number of benzene rings is 2. The van der Waals surface area contributed by atoms with Gasteiger partial charge in [-0.3, -0.25) is 14.5 Å². The zero-order valence-corrected chi connectivity index (χ0v) is 12.7. The molecular weight excluding hydrogens is 304 g/mol. The second-order valence-electron chi connectivity index (χ2n) is 4.96. The summed E-state index contributed by atoms with van der Waals surface area (Å²) in [6.07, 6.45) is 2.45. The number of nitrogens with zero attached hydrogens (tertiary/aromatic N) is 3. The van der Waals surface area contributed by atoms with Gasteiger partial charge in [0.15, 0.2) is 0 Å². The van der Waals surface area contributed by atoms with Crippen LogP contribution in [0.1, 0.15) is 21.0 Å². The van der Waals surface area contributed by atoms with Crippen LogP contribution in [0.5, 0.6) is 0 Å². The highest BCUT2D eigenvalue weighted by atomic mass is 16.2. The minimum absolute atomic E-state index is 0.0116. The number of carbonyl (C=O) groups excluding carboxylic acids is 2. The van der Waals surface area contributed by atoms with E-state index in [9.17, 15) is 9.59 Å². The zero-order chi connectivity index (χ0) is 16.9. The maximum atomic E-state index is 12.9. The first kappa shape index (κ1) is 15.4. The summed E-state index contributed by atoms with van der Waals surface area (Å²) in [4.78, 5) is 33.5. The van der Waals surface area contributed by atoms with Crippen LogP contribution in [-0.2, 0) is 0 Å². The number of hydrogen-bond donors (Lipinski definition) is 1. The number of primary amides is 1. The van der Waals surface area contributed by atoms with Gasteiger partial charge in [-0.2, -0.15) is 0 Å². The van der Waals surface area contributed by atoms with Gasteiger partial charge in [-0.05, 0) is 24.3 Å². The average molecular weight is 318 g/mol. The lowest BCUT2D eigenvalue weighted by Crippen LogP contribution is -2.27. The highest BCUT2D eigenvalue weighted by molar-refractivity contribution is 6.09. The zero-order valence-electron chi connectivity index (χ0n) is 12.7. The Bertz CT molecular complexity index is 810.